The van der Waals surface area contributed by atoms with E-state index in [0.29, 0.717) is 18.8 Å². The molecule has 1 aromatic carbocycles. The fraction of sp³-hybridized carbons (Fsp3) is 0.294. The van der Waals surface area contributed by atoms with Crippen LogP contribution in [0.2, 0.25) is 0 Å². The molecule has 0 saturated carbocycles. The first-order valence-corrected chi connectivity index (χ1v) is 8.65. The Balaban J connectivity index is 1.56. The first-order chi connectivity index (χ1) is 11.6. The van der Waals surface area contributed by atoms with Gasteiger partial charge in [-0.05, 0) is 30.0 Å². The summed E-state index contributed by atoms with van der Waals surface area (Å²) in [4.78, 5) is 13.9. The summed E-state index contributed by atoms with van der Waals surface area (Å²) in [5, 5.41) is 3.19. The zero-order valence-electron chi connectivity index (χ0n) is 13.2. The second-order valence-electron chi connectivity index (χ2n) is 5.87. The van der Waals surface area contributed by atoms with Gasteiger partial charge in [-0.25, -0.2) is 18.7 Å². The molecule has 0 aliphatic carbocycles. The standard InChI is InChI=1S/C17H16F2N4S/c1-11-9-24-17-15(11)16(20-10-21-17)23-6-4-22(5-7-23)14-3-2-12(18)8-13(14)19/h2-3,8-10H,4-7H2,1H3. The fourth-order valence-corrected chi connectivity index (χ4v) is 4.02. The highest BCUT2D eigenvalue weighted by Gasteiger charge is 2.23. The van der Waals surface area contributed by atoms with Gasteiger partial charge in [0, 0.05) is 32.2 Å². The SMILES string of the molecule is Cc1csc2ncnc(N3CCN(c4ccc(F)cc4F)CC3)c12. The smallest absolute Gasteiger partial charge is 0.149 e. The number of nitrogens with zero attached hydrogens (tertiary/aromatic N) is 4. The van der Waals surface area contributed by atoms with Crippen LogP contribution in [0.4, 0.5) is 20.3 Å². The molecule has 2 aromatic heterocycles. The highest BCUT2D eigenvalue weighted by atomic mass is 32.1. The van der Waals surface area contributed by atoms with Crippen LogP contribution in [-0.2, 0) is 0 Å². The number of hydrogen-bond donors (Lipinski definition) is 0. The van der Waals surface area contributed by atoms with Crippen LogP contribution >= 0.6 is 11.3 Å². The van der Waals surface area contributed by atoms with Crippen molar-refractivity contribution in [3.05, 3.63) is 47.1 Å². The van der Waals surface area contributed by atoms with Gasteiger partial charge in [-0.1, -0.05) is 0 Å². The van der Waals surface area contributed by atoms with Crippen molar-refractivity contribution in [3.63, 3.8) is 0 Å². The molecule has 7 heteroatoms. The Bertz CT molecular complexity index is 887. The zero-order chi connectivity index (χ0) is 16.7. The summed E-state index contributed by atoms with van der Waals surface area (Å²) in [6.07, 6.45) is 1.60. The summed E-state index contributed by atoms with van der Waals surface area (Å²) in [5.41, 5.74) is 1.63. The van der Waals surface area contributed by atoms with Crippen molar-refractivity contribution >= 4 is 33.1 Å². The molecule has 1 saturated heterocycles. The van der Waals surface area contributed by atoms with Crippen molar-refractivity contribution in [3.8, 4) is 0 Å². The molecule has 24 heavy (non-hydrogen) atoms. The average molecular weight is 346 g/mol. The molecule has 3 heterocycles. The van der Waals surface area contributed by atoms with E-state index in [1.165, 1.54) is 17.7 Å². The van der Waals surface area contributed by atoms with Crippen molar-refractivity contribution < 1.29 is 8.78 Å². The molecule has 124 valence electrons. The van der Waals surface area contributed by atoms with E-state index >= 15 is 0 Å². The number of aromatic nitrogens is 2. The van der Waals surface area contributed by atoms with Crippen molar-refractivity contribution in [2.24, 2.45) is 0 Å². The molecule has 4 nitrogen and oxygen atoms in total. The van der Waals surface area contributed by atoms with Crippen LogP contribution in [0.1, 0.15) is 5.56 Å². The highest BCUT2D eigenvalue weighted by molar-refractivity contribution is 7.17. The van der Waals surface area contributed by atoms with Gasteiger partial charge in [0.05, 0.1) is 11.1 Å². The maximum absolute atomic E-state index is 14.0. The van der Waals surface area contributed by atoms with Crippen LogP contribution in [0.25, 0.3) is 10.2 Å². The number of thiophene rings is 1. The zero-order valence-corrected chi connectivity index (χ0v) is 14.0. The molecule has 0 radical (unpaired) electrons. The van der Waals surface area contributed by atoms with Crippen LogP contribution in [0.5, 0.6) is 0 Å². The second kappa shape index (κ2) is 5.98. The van der Waals surface area contributed by atoms with E-state index in [-0.39, 0.29) is 0 Å². The van der Waals surface area contributed by atoms with Gasteiger partial charge in [0.15, 0.2) is 0 Å². The maximum atomic E-state index is 14.0. The second-order valence-corrected chi connectivity index (χ2v) is 6.72. The molecule has 0 spiro atoms. The average Bonchev–Trinajstić information content (AvgIpc) is 2.97. The molecular weight excluding hydrogens is 330 g/mol. The van der Waals surface area contributed by atoms with Gasteiger partial charge < -0.3 is 9.80 Å². The summed E-state index contributed by atoms with van der Waals surface area (Å²) < 4.78 is 27.0. The maximum Gasteiger partial charge on any atom is 0.149 e. The lowest BCUT2D eigenvalue weighted by Crippen LogP contribution is -2.47. The van der Waals surface area contributed by atoms with E-state index in [4.69, 9.17) is 0 Å². The third-order valence-corrected chi connectivity index (χ3v) is 5.37. The summed E-state index contributed by atoms with van der Waals surface area (Å²) in [5.74, 6) is -0.120. The number of anilines is 2. The molecule has 1 aliphatic rings. The number of fused-ring (bicyclic) bond motifs is 1. The highest BCUT2D eigenvalue weighted by Crippen LogP contribution is 2.31. The molecule has 1 aliphatic heterocycles. The monoisotopic (exact) mass is 346 g/mol. The van der Waals surface area contributed by atoms with E-state index in [0.717, 1.165) is 35.2 Å². The number of benzene rings is 1. The van der Waals surface area contributed by atoms with Gasteiger partial charge in [-0.2, -0.15) is 0 Å². The molecular formula is C17H16F2N4S. The van der Waals surface area contributed by atoms with Gasteiger partial charge in [0.2, 0.25) is 0 Å². The van der Waals surface area contributed by atoms with Crippen LogP contribution in [0.3, 0.4) is 0 Å². The lowest BCUT2D eigenvalue weighted by molar-refractivity contribution is 0.570. The Morgan fingerprint density at radius 3 is 2.54 bits per heavy atom. The number of halogens is 2. The molecule has 1 fully saturated rings. The first-order valence-electron chi connectivity index (χ1n) is 7.77. The molecule has 0 N–H and O–H groups in total. The Labute approximate surface area is 142 Å². The summed E-state index contributed by atoms with van der Waals surface area (Å²) in [6.45, 7) is 4.86. The van der Waals surface area contributed by atoms with Crippen molar-refractivity contribution in [2.45, 2.75) is 6.92 Å². The van der Waals surface area contributed by atoms with Crippen molar-refractivity contribution in [2.75, 3.05) is 36.0 Å². The van der Waals surface area contributed by atoms with E-state index in [1.54, 1.807) is 17.7 Å². The Morgan fingerprint density at radius 1 is 1.04 bits per heavy atom. The minimum atomic E-state index is -0.550. The molecule has 3 aromatic rings. The van der Waals surface area contributed by atoms with Gasteiger partial charge in [-0.15, -0.1) is 11.3 Å². The normalized spacial score (nSPS) is 15.3. The van der Waals surface area contributed by atoms with Crippen LogP contribution in [0, 0.1) is 18.6 Å². The number of aryl methyl sites for hydroxylation is 1. The van der Waals surface area contributed by atoms with E-state index in [9.17, 15) is 8.78 Å². The van der Waals surface area contributed by atoms with Gasteiger partial charge in [0.1, 0.15) is 28.6 Å². The topological polar surface area (TPSA) is 32.3 Å². The Hall–Kier alpha value is -2.28. The van der Waals surface area contributed by atoms with Gasteiger partial charge in [-0.3, -0.25) is 0 Å². The summed E-state index contributed by atoms with van der Waals surface area (Å²) in [7, 11) is 0. The predicted octanol–water partition coefficient (Wildman–Crippen LogP) is 3.60. The third-order valence-electron chi connectivity index (χ3n) is 4.36. The van der Waals surface area contributed by atoms with Crippen molar-refractivity contribution in [1.82, 2.24) is 9.97 Å². The molecule has 0 atom stereocenters. The van der Waals surface area contributed by atoms with E-state index < -0.39 is 11.6 Å². The minimum Gasteiger partial charge on any atom is -0.366 e. The predicted molar refractivity (Wildman–Crippen MR) is 92.9 cm³/mol. The molecule has 4 rings (SSSR count). The van der Waals surface area contributed by atoms with E-state index in [1.807, 2.05) is 4.90 Å². The van der Waals surface area contributed by atoms with E-state index in [2.05, 4.69) is 27.2 Å². The largest absolute Gasteiger partial charge is 0.366 e. The van der Waals surface area contributed by atoms with Gasteiger partial charge in [0.25, 0.3) is 0 Å². The van der Waals surface area contributed by atoms with Crippen LogP contribution in [-0.4, -0.2) is 36.1 Å². The van der Waals surface area contributed by atoms with Gasteiger partial charge >= 0.3 is 0 Å². The summed E-state index contributed by atoms with van der Waals surface area (Å²) in [6, 6.07) is 3.74. The minimum absolute atomic E-state index is 0.454. The third kappa shape index (κ3) is 2.58. The quantitative estimate of drug-likeness (QED) is 0.710. The molecule has 0 bridgehead atoms. The fourth-order valence-electron chi connectivity index (χ4n) is 3.13. The Kier molecular flexibility index (Phi) is 3.80. The summed E-state index contributed by atoms with van der Waals surface area (Å²) >= 11 is 1.62. The van der Waals surface area contributed by atoms with Crippen LogP contribution < -0.4 is 9.80 Å². The number of rotatable bonds is 2. The lowest BCUT2D eigenvalue weighted by Gasteiger charge is -2.37. The molecule has 0 unspecified atom stereocenters. The Morgan fingerprint density at radius 2 is 1.79 bits per heavy atom. The van der Waals surface area contributed by atoms with Crippen molar-refractivity contribution in [1.29, 1.82) is 0 Å². The first kappa shape index (κ1) is 15.3. The van der Waals surface area contributed by atoms with Crippen LogP contribution in [0.15, 0.2) is 29.9 Å². The number of piperazine rings is 1. The number of hydrogen-bond acceptors (Lipinski definition) is 5. The molecule has 0 amide bonds. The lowest BCUT2D eigenvalue weighted by atomic mass is 10.2.